The van der Waals surface area contributed by atoms with Gasteiger partial charge in [0.25, 0.3) is 0 Å². The van der Waals surface area contributed by atoms with E-state index in [4.69, 9.17) is 0 Å². The maximum Gasteiger partial charge on any atom is 0.227 e. The van der Waals surface area contributed by atoms with E-state index in [9.17, 15) is 4.79 Å². The van der Waals surface area contributed by atoms with Gasteiger partial charge in [-0.15, -0.1) is 0 Å². The Hall–Kier alpha value is -1.61. The Morgan fingerprint density at radius 2 is 2.05 bits per heavy atom. The fourth-order valence-electron chi connectivity index (χ4n) is 3.34. The second-order valence-corrected chi connectivity index (χ2v) is 5.95. The smallest absolute Gasteiger partial charge is 0.227 e. The van der Waals surface area contributed by atoms with Crippen molar-refractivity contribution in [2.45, 2.75) is 6.42 Å². The zero-order valence-corrected chi connectivity index (χ0v) is 12.0. The molecule has 1 aromatic carbocycles. The Kier molecular flexibility index (Phi) is 3.88. The van der Waals surface area contributed by atoms with E-state index in [1.807, 2.05) is 18.0 Å². The van der Waals surface area contributed by atoms with Crippen LogP contribution in [0.1, 0.15) is 12.0 Å². The molecule has 2 atom stereocenters. The Balaban J connectivity index is 1.56. The summed E-state index contributed by atoms with van der Waals surface area (Å²) in [5.41, 5.74) is 1.24. The molecule has 0 aliphatic carbocycles. The van der Waals surface area contributed by atoms with Crippen molar-refractivity contribution in [1.82, 2.24) is 9.80 Å². The van der Waals surface area contributed by atoms with Crippen LogP contribution < -0.4 is 0 Å². The van der Waals surface area contributed by atoms with Crippen LogP contribution in [0.4, 0.5) is 0 Å². The monoisotopic (exact) mass is 270 g/mol. The number of nitrogens with zero attached hydrogens (tertiary/aromatic N) is 2. The highest BCUT2D eigenvalue weighted by molar-refractivity contribution is 5.80. The third-order valence-electron chi connectivity index (χ3n) is 4.52. The van der Waals surface area contributed by atoms with Gasteiger partial charge < -0.3 is 4.90 Å². The third kappa shape index (κ3) is 2.78. The van der Waals surface area contributed by atoms with E-state index in [1.165, 1.54) is 5.56 Å². The van der Waals surface area contributed by atoms with Crippen molar-refractivity contribution < 1.29 is 4.79 Å². The van der Waals surface area contributed by atoms with E-state index in [0.29, 0.717) is 11.8 Å². The van der Waals surface area contributed by atoms with Crippen molar-refractivity contribution in [3.8, 4) is 0 Å². The molecule has 3 nitrogen and oxygen atoms in total. The molecule has 20 heavy (non-hydrogen) atoms. The van der Waals surface area contributed by atoms with Crippen LogP contribution in [-0.2, 0) is 4.79 Å². The lowest BCUT2D eigenvalue weighted by Gasteiger charge is -2.30. The minimum Gasteiger partial charge on any atom is -0.345 e. The summed E-state index contributed by atoms with van der Waals surface area (Å²) in [6.45, 7) is 3.86. The van der Waals surface area contributed by atoms with Gasteiger partial charge in [0.2, 0.25) is 5.91 Å². The highest BCUT2D eigenvalue weighted by Gasteiger charge is 2.41. The summed E-state index contributed by atoms with van der Waals surface area (Å²) in [6.07, 6.45) is 5.53. The number of piperidine rings is 1. The normalized spacial score (nSPS) is 27.2. The van der Waals surface area contributed by atoms with Crippen molar-refractivity contribution in [2.75, 3.05) is 33.2 Å². The van der Waals surface area contributed by atoms with Crippen LogP contribution in [-0.4, -0.2) is 48.9 Å². The fourth-order valence-corrected chi connectivity index (χ4v) is 3.34. The van der Waals surface area contributed by atoms with Crippen molar-refractivity contribution in [1.29, 1.82) is 0 Å². The number of carbonyl (C=O) groups is 1. The molecule has 0 radical (unpaired) electrons. The first-order chi connectivity index (χ1) is 9.74. The van der Waals surface area contributed by atoms with Crippen molar-refractivity contribution in [2.24, 2.45) is 11.8 Å². The minimum absolute atomic E-state index is 0.235. The summed E-state index contributed by atoms with van der Waals surface area (Å²) in [7, 11) is 1.93. The van der Waals surface area contributed by atoms with Crippen molar-refractivity contribution in [3.63, 3.8) is 0 Å². The summed E-state index contributed by atoms with van der Waals surface area (Å²) >= 11 is 0. The van der Waals surface area contributed by atoms with Crippen LogP contribution in [0.25, 0.3) is 6.08 Å². The minimum atomic E-state index is 0.235. The summed E-state index contributed by atoms with van der Waals surface area (Å²) in [5.74, 6) is 1.15. The molecule has 0 N–H and O–H groups in total. The second kappa shape index (κ2) is 5.80. The molecule has 0 bridgehead atoms. The van der Waals surface area contributed by atoms with Gasteiger partial charge in [0.1, 0.15) is 0 Å². The molecule has 2 heterocycles. The van der Waals surface area contributed by atoms with Crippen LogP contribution in [0, 0.1) is 11.8 Å². The van der Waals surface area contributed by atoms with Gasteiger partial charge in [0.15, 0.2) is 0 Å². The summed E-state index contributed by atoms with van der Waals surface area (Å²) < 4.78 is 0. The number of carbonyl (C=O) groups excluding carboxylic acids is 1. The first-order valence-corrected chi connectivity index (χ1v) is 7.43. The molecule has 106 valence electrons. The lowest BCUT2D eigenvalue weighted by Crippen LogP contribution is -2.42. The molecule has 0 saturated carbocycles. The van der Waals surface area contributed by atoms with Crippen molar-refractivity contribution >= 4 is 12.0 Å². The number of likely N-dealkylation sites (tertiary alicyclic amines) is 2. The molecular formula is C17H22N2O. The largest absolute Gasteiger partial charge is 0.345 e. The highest BCUT2D eigenvalue weighted by Crippen LogP contribution is 2.31. The van der Waals surface area contributed by atoms with E-state index in [-0.39, 0.29) is 5.92 Å². The Morgan fingerprint density at radius 1 is 1.25 bits per heavy atom. The molecule has 2 saturated heterocycles. The van der Waals surface area contributed by atoms with Crippen LogP contribution in [0.15, 0.2) is 36.4 Å². The van der Waals surface area contributed by atoms with E-state index in [0.717, 1.165) is 32.6 Å². The molecule has 3 rings (SSSR count). The molecular weight excluding hydrogens is 248 g/mol. The summed E-state index contributed by atoms with van der Waals surface area (Å²) in [6, 6.07) is 10.4. The van der Waals surface area contributed by atoms with Crippen LogP contribution in [0.2, 0.25) is 0 Å². The zero-order chi connectivity index (χ0) is 13.9. The Morgan fingerprint density at radius 3 is 2.85 bits per heavy atom. The lowest BCUT2D eigenvalue weighted by molar-refractivity contribution is -0.137. The van der Waals surface area contributed by atoms with Gasteiger partial charge in [-0.3, -0.25) is 9.69 Å². The third-order valence-corrected chi connectivity index (χ3v) is 4.52. The standard InChI is InChI=1S/C17H22N2O/c1-18-11-9-15-12-19(13-16(15)17(18)20)10-5-8-14-6-3-2-4-7-14/h2-8,15-16H,9-13H2,1H3/b8-5+/t15-,16+/m1/s1. The molecule has 0 unspecified atom stereocenters. The average molecular weight is 270 g/mol. The number of fused-ring (bicyclic) bond motifs is 1. The van der Waals surface area contributed by atoms with Crippen LogP contribution in [0.5, 0.6) is 0 Å². The van der Waals surface area contributed by atoms with Gasteiger partial charge >= 0.3 is 0 Å². The average Bonchev–Trinajstić information content (AvgIpc) is 2.88. The van der Waals surface area contributed by atoms with Gasteiger partial charge in [-0.2, -0.15) is 0 Å². The highest BCUT2D eigenvalue weighted by atomic mass is 16.2. The van der Waals surface area contributed by atoms with Gasteiger partial charge in [0, 0.05) is 33.2 Å². The fraction of sp³-hybridized carbons (Fsp3) is 0.471. The number of rotatable bonds is 3. The van der Waals surface area contributed by atoms with Crippen molar-refractivity contribution in [3.05, 3.63) is 42.0 Å². The molecule has 1 aromatic rings. The zero-order valence-electron chi connectivity index (χ0n) is 12.0. The molecule has 2 aliphatic heterocycles. The predicted octanol–water partition coefficient (Wildman–Crippen LogP) is 2.11. The maximum atomic E-state index is 12.1. The first kappa shape index (κ1) is 13.4. The quantitative estimate of drug-likeness (QED) is 0.840. The van der Waals surface area contributed by atoms with Gasteiger partial charge in [-0.05, 0) is 17.9 Å². The lowest BCUT2D eigenvalue weighted by atomic mass is 9.88. The predicted molar refractivity (Wildman–Crippen MR) is 81.2 cm³/mol. The first-order valence-electron chi connectivity index (χ1n) is 7.43. The number of hydrogen-bond donors (Lipinski definition) is 0. The van der Waals surface area contributed by atoms with Gasteiger partial charge in [-0.1, -0.05) is 42.5 Å². The Bertz CT molecular complexity index is 497. The maximum absolute atomic E-state index is 12.1. The van der Waals surface area contributed by atoms with Gasteiger partial charge in [-0.25, -0.2) is 0 Å². The number of amides is 1. The summed E-state index contributed by atoms with van der Waals surface area (Å²) in [4.78, 5) is 16.4. The molecule has 1 amide bonds. The molecule has 2 fully saturated rings. The molecule has 3 heteroatoms. The molecule has 2 aliphatic rings. The summed E-state index contributed by atoms with van der Waals surface area (Å²) in [5, 5.41) is 0. The molecule has 0 spiro atoms. The topological polar surface area (TPSA) is 23.6 Å². The van der Waals surface area contributed by atoms with E-state index >= 15 is 0 Å². The van der Waals surface area contributed by atoms with Crippen LogP contribution >= 0.6 is 0 Å². The van der Waals surface area contributed by atoms with Crippen LogP contribution in [0.3, 0.4) is 0 Å². The van der Waals surface area contributed by atoms with E-state index in [2.05, 4.69) is 41.3 Å². The number of hydrogen-bond acceptors (Lipinski definition) is 2. The second-order valence-electron chi connectivity index (χ2n) is 5.95. The van der Waals surface area contributed by atoms with E-state index in [1.54, 1.807) is 0 Å². The Labute approximate surface area is 120 Å². The number of benzene rings is 1. The SMILES string of the molecule is CN1CC[C@@H]2CN(C/C=C/c3ccccc3)C[C@@H]2C1=O. The molecule has 0 aromatic heterocycles. The van der Waals surface area contributed by atoms with Gasteiger partial charge in [0.05, 0.1) is 5.92 Å². The van der Waals surface area contributed by atoms with E-state index < -0.39 is 0 Å².